The molecule has 0 aromatic heterocycles. The van der Waals surface area contributed by atoms with Gasteiger partial charge in [-0.15, -0.1) is 0 Å². The minimum absolute atomic E-state index is 0.197. The molecule has 1 amide bonds. The second-order valence-electron chi connectivity index (χ2n) is 5.75. The van der Waals surface area contributed by atoms with E-state index in [0.29, 0.717) is 31.9 Å². The lowest BCUT2D eigenvalue weighted by atomic mass is 10.1. The van der Waals surface area contributed by atoms with Crippen LogP contribution in [0.4, 0.5) is 0 Å². The lowest BCUT2D eigenvalue weighted by molar-refractivity contribution is 0.0930. The number of unbranched alkanes of at least 4 members (excludes halogenated alkanes) is 2. The predicted molar refractivity (Wildman–Crippen MR) is 102 cm³/mol. The summed E-state index contributed by atoms with van der Waals surface area (Å²) in [5, 5.41) is 2.11. The zero-order valence-corrected chi connectivity index (χ0v) is 16.5. The first-order chi connectivity index (χ1) is 12.6. The quantitative estimate of drug-likeness (QED) is 0.413. The van der Waals surface area contributed by atoms with Gasteiger partial charge in [-0.05, 0) is 36.6 Å². The van der Waals surface area contributed by atoms with Gasteiger partial charge < -0.3 is 19.5 Å². The van der Waals surface area contributed by atoms with Gasteiger partial charge in [-0.3, -0.25) is 9.59 Å². The number of carbonyl (C=O) groups excluding carboxylic acids is 2. The number of amides is 1. The van der Waals surface area contributed by atoms with Crippen molar-refractivity contribution in [2.24, 2.45) is 0 Å². The zero-order chi connectivity index (χ0) is 19.4. The number of halogens is 1. The molecule has 0 saturated carbocycles. The molecule has 0 aliphatic heterocycles. The van der Waals surface area contributed by atoms with E-state index in [1.165, 1.54) is 12.1 Å². The van der Waals surface area contributed by atoms with E-state index in [0.717, 1.165) is 25.7 Å². The van der Waals surface area contributed by atoms with Crippen LogP contribution in [0, 0.1) is 0 Å². The monoisotopic (exact) mass is 385 g/mol. The molecule has 0 spiro atoms. The molecule has 0 atom stereocenters. The van der Waals surface area contributed by atoms with Crippen LogP contribution in [-0.2, 0) is 4.74 Å². The molecule has 1 rings (SSSR count). The molecule has 1 aromatic rings. The van der Waals surface area contributed by atoms with Crippen LogP contribution in [0.2, 0.25) is 0 Å². The fraction of sp³-hybridized carbons (Fsp3) is 0.579. The third-order valence-corrected chi connectivity index (χ3v) is 3.85. The maximum atomic E-state index is 12.5. The van der Waals surface area contributed by atoms with Gasteiger partial charge in [0.15, 0.2) is 11.5 Å². The Hall–Kier alpha value is -1.79. The van der Waals surface area contributed by atoms with Gasteiger partial charge in [-0.25, -0.2) is 0 Å². The molecule has 0 fully saturated rings. The molecular formula is C19H28ClNO5. The average Bonchev–Trinajstić information content (AvgIpc) is 2.62. The first-order valence-electron chi connectivity index (χ1n) is 8.96. The number of nitrogens with one attached hydrogen (secondary N) is 1. The van der Waals surface area contributed by atoms with E-state index >= 15 is 0 Å². The summed E-state index contributed by atoms with van der Waals surface area (Å²) in [5.41, 5.74) is 0.507. The molecule has 0 radical (unpaired) electrons. The fourth-order valence-corrected chi connectivity index (χ4v) is 2.33. The summed E-state index contributed by atoms with van der Waals surface area (Å²) in [5.74, 6) is 0.173. The van der Waals surface area contributed by atoms with Gasteiger partial charge in [-0.2, -0.15) is 0 Å². The molecule has 1 aromatic carbocycles. The minimum Gasteiger partial charge on any atom is -0.489 e. The largest absolute Gasteiger partial charge is 0.489 e. The van der Waals surface area contributed by atoms with Crippen molar-refractivity contribution < 1.29 is 23.8 Å². The minimum atomic E-state index is -0.650. The fourth-order valence-electron chi connectivity index (χ4n) is 2.18. The summed E-state index contributed by atoms with van der Waals surface area (Å²) < 4.78 is 16.6. The first kappa shape index (κ1) is 22.3. The highest BCUT2D eigenvalue weighted by Gasteiger charge is 2.23. The molecule has 0 heterocycles. The van der Waals surface area contributed by atoms with E-state index in [4.69, 9.17) is 25.8 Å². The van der Waals surface area contributed by atoms with Gasteiger partial charge in [0.2, 0.25) is 0 Å². The lowest BCUT2D eigenvalue weighted by Crippen LogP contribution is -2.27. The Labute approximate surface area is 160 Å². The van der Waals surface area contributed by atoms with Crippen LogP contribution < -0.4 is 14.8 Å². The van der Waals surface area contributed by atoms with E-state index in [1.54, 1.807) is 7.11 Å². The van der Waals surface area contributed by atoms with Crippen molar-refractivity contribution >= 4 is 22.8 Å². The summed E-state index contributed by atoms with van der Waals surface area (Å²) in [6.07, 6.45) is 3.51. The Balaban J connectivity index is 3.22. The Bertz CT molecular complexity index is 592. The molecule has 0 unspecified atom stereocenters. The molecule has 0 aliphatic rings. The highest BCUT2D eigenvalue weighted by atomic mass is 35.5. The molecule has 0 aliphatic carbocycles. The number of rotatable bonds is 13. The van der Waals surface area contributed by atoms with Gasteiger partial charge in [0.1, 0.15) is 0 Å². The summed E-state index contributed by atoms with van der Waals surface area (Å²) in [7, 11) is 1.56. The highest BCUT2D eigenvalue weighted by molar-refractivity contribution is 6.68. The number of carbonyl (C=O) groups is 2. The highest BCUT2D eigenvalue weighted by Crippen LogP contribution is 2.36. The van der Waals surface area contributed by atoms with Gasteiger partial charge in [0.25, 0.3) is 11.1 Å². The Morgan fingerprint density at radius 2 is 1.50 bits per heavy atom. The maximum absolute atomic E-state index is 12.5. The van der Waals surface area contributed by atoms with Crippen LogP contribution in [0.25, 0.3) is 0 Å². The van der Waals surface area contributed by atoms with Crippen molar-refractivity contribution in [1.82, 2.24) is 5.32 Å². The van der Waals surface area contributed by atoms with Crippen LogP contribution >= 0.6 is 11.6 Å². The average molecular weight is 386 g/mol. The Morgan fingerprint density at radius 1 is 0.962 bits per heavy atom. The number of benzene rings is 1. The molecule has 26 heavy (non-hydrogen) atoms. The molecule has 0 saturated heterocycles. The van der Waals surface area contributed by atoms with Gasteiger partial charge >= 0.3 is 0 Å². The molecule has 1 N–H and O–H groups in total. The molecule has 0 bridgehead atoms. The van der Waals surface area contributed by atoms with Gasteiger partial charge in [0, 0.05) is 13.7 Å². The zero-order valence-electron chi connectivity index (χ0n) is 15.7. The Kier molecular flexibility index (Phi) is 10.7. The van der Waals surface area contributed by atoms with Crippen LogP contribution in [0.3, 0.4) is 0 Å². The van der Waals surface area contributed by atoms with E-state index in [2.05, 4.69) is 5.32 Å². The third kappa shape index (κ3) is 6.84. The second kappa shape index (κ2) is 12.5. The van der Waals surface area contributed by atoms with Crippen LogP contribution in [-0.4, -0.2) is 44.6 Å². The predicted octanol–water partition coefficient (Wildman–Crippen LogP) is 3.80. The molecule has 6 nitrogen and oxygen atoms in total. The van der Waals surface area contributed by atoms with E-state index in [-0.39, 0.29) is 23.0 Å². The second-order valence-corrected chi connectivity index (χ2v) is 6.09. The van der Waals surface area contributed by atoms with Crippen LogP contribution in [0.15, 0.2) is 12.1 Å². The van der Waals surface area contributed by atoms with Crippen molar-refractivity contribution in [2.75, 3.05) is 33.5 Å². The van der Waals surface area contributed by atoms with Crippen LogP contribution in [0.1, 0.15) is 60.2 Å². The summed E-state index contributed by atoms with van der Waals surface area (Å²) in [6.45, 7) is 5.67. The van der Waals surface area contributed by atoms with Crippen molar-refractivity contribution in [3.8, 4) is 11.5 Å². The third-order valence-electron chi connectivity index (χ3n) is 3.65. The van der Waals surface area contributed by atoms with Crippen molar-refractivity contribution in [3.05, 3.63) is 23.3 Å². The van der Waals surface area contributed by atoms with Gasteiger partial charge in [0.05, 0.1) is 30.9 Å². The summed E-state index contributed by atoms with van der Waals surface area (Å²) in [6, 6.07) is 3.03. The lowest BCUT2D eigenvalue weighted by Gasteiger charge is -2.18. The van der Waals surface area contributed by atoms with Gasteiger partial charge in [-0.1, -0.05) is 26.7 Å². The standard InChI is InChI=1S/C19H28ClNO5/c1-4-6-11-25-16-14(18(20)22)8-9-15(17(16)26-12-7-5-2)19(23)21-10-13-24-3/h8-9H,4-7,10-13H2,1-3H3,(H,21,23). The first-order valence-corrected chi connectivity index (χ1v) is 9.34. The number of methoxy groups -OCH3 is 1. The van der Waals surface area contributed by atoms with Crippen molar-refractivity contribution in [2.45, 2.75) is 39.5 Å². The SMILES string of the molecule is CCCCOc1c(C(=O)Cl)ccc(C(=O)NCCOC)c1OCCCC. The van der Waals surface area contributed by atoms with E-state index < -0.39 is 5.24 Å². The number of hydrogen-bond donors (Lipinski definition) is 1. The van der Waals surface area contributed by atoms with Crippen molar-refractivity contribution in [1.29, 1.82) is 0 Å². The van der Waals surface area contributed by atoms with E-state index in [9.17, 15) is 9.59 Å². The van der Waals surface area contributed by atoms with Crippen LogP contribution in [0.5, 0.6) is 11.5 Å². The normalized spacial score (nSPS) is 10.5. The molecule has 7 heteroatoms. The Morgan fingerprint density at radius 3 is 2.00 bits per heavy atom. The summed E-state index contributed by atoms with van der Waals surface area (Å²) in [4.78, 5) is 24.3. The van der Waals surface area contributed by atoms with E-state index in [1.807, 2.05) is 13.8 Å². The smallest absolute Gasteiger partial charge is 0.256 e. The maximum Gasteiger partial charge on any atom is 0.256 e. The van der Waals surface area contributed by atoms with Crippen molar-refractivity contribution in [3.63, 3.8) is 0 Å². The number of hydrogen-bond acceptors (Lipinski definition) is 5. The number of ether oxygens (including phenoxy) is 3. The molecular weight excluding hydrogens is 358 g/mol. The topological polar surface area (TPSA) is 73.9 Å². The summed E-state index contributed by atoms with van der Waals surface area (Å²) >= 11 is 5.70. The molecule has 146 valence electrons.